The van der Waals surface area contributed by atoms with Crippen molar-refractivity contribution in [3.63, 3.8) is 0 Å². The number of carbonyl (C=O) groups excluding carboxylic acids is 1. The quantitative estimate of drug-likeness (QED) is 0.162. The van der Waals surface area contributed by atoms with Crippen LogP contribution in [-0.2, 0) is 13.1 Å². The van der Waals surface area contributed by atoms with Crippen molar-refractivity contribution >= 4 is 61.8 Å². The highest BCUT2D eigenvalue weighted by Gasteiger charge is 2.14. The van der Waals surface area contributed by atoms with Crippen LogP contribution >= 0.6 is 50.3 Å². The largest absolute Gasteiger partial charge is 0.378 e. The molecule has 0 saturated carbocycles. The lowest BCUT2D eigenvalue weighted by Crippen LogP contribution is -2.10. The van der Waals surface area contributed by atoms with Crippen LogP contribution in [0.4, 0.5) is 5.69 Å². The van der Waals surface area contributed by atoms with Gasteiger partial charge in [-0.1, -0.05) is 45.9 Å². The second-order valence-electron chi connectivity index (χ2n) is 5.88. The number of carbonyl (C=O) groups is 1. The molecule has 0 unspecified atom stereocenters. The van der Waals surface area contributed by atoms with E-state index in [0.29, 0.717) is 29.6 Å². The van der Waals surface area contributed by atoms with Crippen molar-refractivity contribution in [3.05, 3.63) is 80.6 Å². The third kappa shape index (κ3) is 5.68. The molecule has 3 aromatic rings. The Morgan fingerprint density at radius 2 is 1.89 bits per heavy atom. The Bertz CT molecular complexity index is 957. The first kappa shape index (κ1) is 21.1. The van der Waals surface area contributed by atoms with Gasteiger partial charge in [0.2, 0.25) is 0 Å². The van der Waals surface area contributed by atoms with E-state index in [9.17, 15) is 4.79 Å². The lowest BCUT2D eigenvalue weighted by molar-refractivity contribution is 0.102. The minimum absolute atomic E-state index is 0.0595. The predicted molar refractivity (Wildman–Crippen MR) is 126 cm³/mol. The van der Waals surface area contributed by atoms with Gasteiger partial charge in [0.1, 0.15) is 0 Å². The second-order valence-corrected chi connectivity index (χ2v) is 8.98. The molecule has 1 aromatic heterocycles. The zero-order valence-corrected chi connectivity index (χ0v) is 19.5. The fourth-order valence-electron chi connectivity index (χ4n) is 2.47. The van der Waals surface area contributed by atoms with Gasteiger partial charge in [-0.05, 0) is 59.0 Å². The molecule has 0 spiro atoms. The maximum atomic E-state index is 12.4. The van der Waals surface area contributed by atoms with Crippen LogP contribution in [0.25, 0.3) is 0 Å². The fraction of sp³-hybridized carbons (Fsp3) is 0.150. The molecule has 0 bridgehead atoms. The Labute approximate surface area is 190 Å². The number of thioether (sulfide) groups is 1. The number of allylic oxidation sites excluding steroid dienone is 1. The van der Waals surface area contributed by atoms with Gasteiger partial charge in [-0.2, -0.15) is 0 Å². The van der Waals surface area contributed by atoms with Crippen LogP contribution in [0, 0.1) is 3.57 Å². The van der Waals surface area contributed by atoms with Crippen molar-refractivity contribution in [1.29, 1.82) is 0 Å². The number of nitrogens with zero attached hydrogens (tertiary/aromatic N) is 3. The van der Waals surface area contributed by atoms with Crippen LogP contribution in [0.1, 0.15) is 16.2 Å². The summed E-state index contributed by atoms with van der Waals surface area (Å²) in [5.74, 6) is 1.17. The van der Waals surface area contributed by atoms with Crippen molar-refractivity contribution < 1.29 is 4.79 Å². The number of aromatic nitrogens is 3. The molecule has 0 atom stereocenters. The number of rotatable bonds is 9. The molecular formula is C20H18BrIN4OS. The summed E-state index contributed by atoms with van der Waals surface area (Å²) in [5, 5.41) is 12.6. The Kier molecular flexibility index (Phi) is 7.69. The average molecular weight is 569 g/mol. The Morgan fingerprint density at radius 3 is 2.57 bits per heavy atom. The Morgan fingerprint density at radius 1 is 1.18 bits per heavy atom. The number of hydrogen-bond donors (Lipinski definition) is 1. The summed E-state index contributed by atoms with van der Waals surface area (Å²) in [6.45, 7) is 4.95. The summed E-state index contributed by atoms with van der Waals surface area (Å²) in [4.78, 5) is 12.4. The summed E-state index contributed by atoms with van der Waals surface area (Å²) < 4.78 is 4.12. The van der Waals surface area contributed by atoms with Crippen molar-refractivity contribution in [2.24, 2.45) is 0 Å². The minimum atomic E-state index is 0.0595. The van der Waals surface area contributed by atoms with E-state index in [0.717, 1.165) is 16.0 Å². The number of nitrogens with one attached hydrogen (secondary N) is 1. The lowest BCUT2D eigenvalue weighted by Gasteiger charge is -2.09. The third-order valence-electron chi connectivity index (χ3n) is 3.90. The summed E-state index contributed by atoms with van der Waals surface area (Å²) in [6.07, 6.45) is 1.80. The van der Waals surface area contributed by atoms with Crippen LogP contribution < -0.4 is 5.32 Å². The maximum Gasteiger partial charge on any atom is 0.192 e. The number of benzene rings is 2. The number of hydrogen-bond acceptors (Lipinski definition) is 5. The first-order valence-corrected chi connectivity index (χ1v) is 11.4. The van der Waals surface area contributed by atoms with Gasteiger partial charge >= 0.3 is 0 Å². The predicted octanol–water partition coefficient (Wildman–Crippen LogP) is 5.42. The molecular weight excluding hydrogens is 551 g/mol. The standard InChI is InChI=1S/C20H18BrIN4OS/c1-2-11-26-19(12-23-17-9-7-16(22)8-10-17)24-25-20(26)28-13-18(27)14-3-5-15(21)6-4-14/h2-10,23H,1,11-13H2. The zero-order chi connectivity index (χ0) is 19.9. The van der Waals surface area contributed by atoms with Crippen LogP contribution in [0.3, 0.4) is 0 Å². The molecule has 0 radical (unpaired) electrons. The van der Waals surface area contributed by atoms with E-state index < -0.39 is 0 Å². The van der Waals surface area contributed by atoms with Crippen LogP contribution in [0.15, 0.2) is 70.8 Å². The zero-order valence-electron chi connectivity index (χ0n) is 14.9. The molecule has 2 aromatic carbocycles. The van der Waals surface area contributed by atoms with E-state index in [4.69, 9.17) is 0 Å². The summed E-state index contributed by atoms with van der Waals surface area (Å²) in [5.41, 5.74) is 1.71. The number of ketones is 1. The molecule has 0 saturated heterocycles. The number of Topliss-reactive ketones (excluding diaryl/α,β-unsaturated/α-hetero) is 1. The number of anilines is 1. The van der Waals surface area contributed by atoms with Crippen LogP contribution in [0.2, 0.25) is 0 Å². The highest BCUT2D eigenvalue weighted by Crippen LogP contribution is 2.20. The molecule has 0 aliphatic heterocycles. The summed E-state index contributed by atoms with van der Waals surface area (Å²) >= 11 is 7.05. The summed E-state index contributed by atoms with van der Waals surface area (Å²) in [6, 6.07) is 15.5. The number of halogens is 2. The van der Waals surface area contributed by atoms with Crippen molar-refractivity contribution in [2.75, 3.05) is 11.1 Å². The third-order valence-corrected chi connectivity index (χ3v) is 6.11. The molecule has 144 valence electrons. The molecule has 0 aliphatic carbocycles. The molecule has 1 heterocycles. The van der Waals surface area contributed by atoms with E-state index in [1.54, 1.807) is 6.08 Å². The van der Waals surface area contributed by atoms with Gasteiger partial charge in [0, 0.05) is 25.8 Å². The molecule has 0 aliphatic rings. The summed E-state index contributed by atoms with van der Waals surface area (Å²) in [7, 11) is 0. The Balaban J connectivity index is 1.65. The monoisotopic (exact) mass is 568 g/mol. The van der Waals surface area contributed by atoms with Crippen LogP contribution in [-0.4, -0.2) is 26.3 Å². The molecule has 3 rings (SSSR count). The van der Waals surface area contributed by atoms with Crippen molar-refractivity contribution in [2.45, 2.75) is 18.2 Å². The molecule has 8 heteroatoms. The fourth-order valence-corrected chi connectivity index (χ4v) is 3.95. The van der Waals surface area contributed by atoms with E-state index in [2.05, 4.69) is 60.6 Å². The van der Waals surface area contributed by atoms with E-state index >= 15 is 0 Å². The molecule has 1 N–H and O–H groups in total. The molecule has 0 amide bonds. The topological polar surface area (TPSA) is 59.8 Å². The maximum absolute atomic E-state index is 12.4. The van der Waals surface area contributed by atoms with Gasteiger partial charge in [0.05, 0.1) is 12.3 Å². The van der Waals surface area contributed by atoms with Crippen molar-refractivity contribution in [3.8, 4) is 0 Å². The van der Waals surface area contributed by atoms with Gasteiger partial charge in [-0.25, -0.2) is 0 Å². The van der Waals surface area contributed by atoms with Crippen molar-refractivity contribution in [1.82, 2.24) is 14.8 Å². The first-order valence-electron chi connectivity index (χ1n) is 8.51. The van der Waals surface area contributed by atoms with E-state index in [1.165, 1.54) is 15.3 Å². The van der Waals surface area contributed by atoms with Crippen LogP contribution in [0.5, 0.6) is 0 Å². The van der Waals surface area contributed by atoms with Gasteiger partial charge in [0.25, 0.3) is 0 Å². The minimum Gasteiger partial charge on any atom is -0.378 e. The van der Waals surface area contributed by atoms with Gasteiger partial charge in [0.15, 0.2) is 16.8 Å². The lowest BCUT2D eigenvalue weighted by atomic mass is 10.2. The Hall–Kier alpha value is -1.65. The van der Waals surface area contributed by atoms with E-state index in [-0.39, 0.29) is 5.78 Å². The van der Waals surface area contributed by atoms with Gasteiger partial charge in [-0.3, -0.25) is 4.79 Å². The smallest absolute Gasteiger partial charge is 0.192 e. The highest BCUT2D eigenvalue weighted by atomic mass is 127. The molecule has 28 heavy (non-hydrogen) atoms. The van der Waals surface area contributed by atoms with E-state index in [1.807, 2.05) is 53.1 Å². The normalized spacial score (nSPS) is 10.6. The average Bonchev–Trinajstić information content (AvgIpc) is 3.08. The molecule has 0 fully saturated rings. The van der Waals surface area contributed by atoms with Gasteiger partial charge in [-0.15, -0.1) is 16.8 Å². The van der Waals surface area contributed by atoms with Gasteiger partial charge < -0.3 is 9.88 Å². The SMILES string of the molecule is C=CCn1c(CNc2ccc(I)cc2)nnc1SCC(=O)c1ccc(Br)cc1. The second kappa shape index (κ2) is 10.2. The first-order chi connectivity index (χ1) is 13.6. The highest BCUT2D eigenvalue weighted by molar-refractivity contribution is 14.1. The molecule has 5 nitrogen and oxygen atoms in total.